The van der Waals surface area contributed by atoms with Gasteiger partial charge in [-0.15, -0.1) is 0 Å². The number of ether oxygens (including phenoxy) is 1. The van der Waals surface area contributed by atoms with Crippen molar-refractivity contribution >= 4 is 23.8 Å². The molecule has 0 spiro atoms. The number of imide groups is 1. The number of benzene rings is 1. The number of urea groups is 1. The van der Waals surface area contributed by atoms with Crippen molar-refractivity contribution in [3.05, 3.63) is 35.9 Å². The van der Waals surface area contributed by atoms with Crippen LogP contribution in [0.5, 0.6) is 0 Å². The topological polar surface area (TPSA) is 114 Å². The standard InChI is InChI=1S/C22H31N3O5/c1-4-14(2)18(24-20(27)16-10-6-5-7-11-16)21(28)30-15(3)19(26)25-22(29)23-17-12-8-9-13-17/h5-7,10-11,14-15,17-18H,4,8-9,12-13H2,1-3H3,(H,24,27)(H2,23,25,26,29)/t14-,15+,18-/m0/s1. The zero-order valence-corrected chi connectivity index (χ0v) is 17.8. The maximum atomic E-state index is 12.7. The Balaban J connectivity index is 1.92. The summed E-state index contributed by atoms with van der Waals surface area (Å²) in [6.07, 6.45) is 3.34. The number of carbonyl (C=O) groups excluding carboxylic acids is 4. The summed E-state index contributed by atoms with van der Waals surface area (Å²) >= 11 is 0. The van der Waals surface area contributed by atoms with Crippen LogP contribution in [-0.4, -0.2) is 42.0 Å². The quantitative estimate of drug-likeness (QED) is 0.563. The van der Waals surface area contributed by atoms with E-state index in [1.165, 1.54) is 6.92 Å². The summed E-state index contributed by atoms with van der Waals surface area (Å²) in [6, 6.07) is 7.11. The Morgan fingerprint density at radius 3 is 2.30 bits per heavy atom. The van der Waals surface area contributed by atoms with Crippen LogP contribution < -0.4 is 16.0 Å². The van der Waals surface area contributed by atoms with Crippen LogP contribution in [-0.2, 0) is 14.3 Å². The third kappa shape index (κ3) is 6.86. The average Bonchev–Trinajstić information content (AvgIpc) is 3.24. The van der Waals surface area contributed by atoms with Crippen molar-refractivity contribution in [1.29, 1.82) is 0 Å². The first kappa shape index (κ1) is 23.4. The van der Waals surface area contributed by atoms with E-state index >= 15 is 0 Å². The van der Waals surface area contributed by atoms with Crippen molar-refractivity contribution in [2.45, 2.75) is 71.1 Å². The van der Waals surface area contributed by atoms with Crippen molar-refractivity contribution in [2.24, 2.45) is 5.92 Å². The number of carbonyl (C=O) groups is 4. The number of hydrogen-bond donors (Lipinski definition) is 3. The van der Waals surface area contributed by atoms with Gasteiger partial charge in [0.2, 0.25) is 0 Å². The van der Waals surface area contributed by atoms with E-state index in [0.717, 1.165) is 25.7 Å². The van der Waals surface area contributed by atoms with E-state index in [4.69, 9.17) is 4.74 Å². The summed E-state index contributed by atoms with van der Waals surface area (Å²) in [5, 5.41) is 7.64. The molecule has 0 aliphatic heterocycles. The second-order valence-electron chi connectivity index (χ2n) is 7.73. The largest absolute Gasteiger partial charge is 0.451 e. The van der Waals surface area contributed by atoms with Crippen molar-refractivity contribution < 1.29 is 23.9 Å². The molecular weight excluding hydrogens is 386 g/mol. The Morgan fingerprint density at radius 2 is 1.70 bits per heavy atom. The van der Waals surface area contributed by atoms with Gasteiger partial charge in [0.15, 0.2) is 6.10 Å². The molecule has 30 heavy (non-hydrogen) atoms. The fourth-order valence-electron chi connectivity index (χ4n) is 3.29. The normalized spacial score (nSPS) is 16.8. The molecule has 0 bridgehead atoms. The Labute approximate surface area is 177 Å². The van der Waals surface area contributed by atoms with Gasteiger partial charge in [0, 0.05) is 11.6 Å². The lowest BCUT2D eigenvalue weighted by atomic mass is 9.98. The predicted octanol–water partition coefficient (Wildman–Crippen LogP) is 2.53. The Morgan fingerprint density at radius 1 is 1.07 bits per heavy atom. The third-order valence-corrected chi connectivity index (χ3v) is 5.38. The summed E-state index contributed by atoms with van der Waals surface area (Å²) in [7, 11) is 0. The van der Waals surface area contributed by atoms with Gasteiger partial charge in [-0.3, -0.25) is 14.9 Å². The smallest absolute Gasteiger partial charge is 0.329 e. The minimum absolute atomic E-state index is 0.0682. The summed E-state index contributed by atoms with van der Waals surface area (Å²) in [5.74, 6) is -2.03. The van der Waals surface area contributed by atoms with Crippen LogP contribution in [0.1, 0.15) is 63.2 Å². The summed E-state index contributed by atoms with van der Waals surface area (Å²) < 4.78 is 5.26. The van der Waals surface area contributed by atoms with Crippen LogP contribution in [0.2, 0.25) is 0 Å². The van der Waals surface area contributed by atoms with Crippen molar-refractivity contribution in [2.75, 3.05) is 0 Å². The second-order valence-corrected chi connectivity index (χ2v) is 7.73. The van der Waals surface area contributed by atoms with E-state index in [9.17, 15) is 19.2 Å². The molecule has 1 fully saturated rings. The molecule has 3 N–H and O–H groups in total. The fraction of sp³-hybridized carbons (Fsp3) is 0.545. The van der Waals surface area contributed by atoms with E-state index in [0.29, 0.717) is 12.0 Å². The summed E-state index contributed by atoms with van der Waals surface area (Å²) in [5.41, 5.74) is 0.424. The van der Waals surface area contributed by atoms with E-state index in [2.05, 4.69) is 16.0 Å². The number of esters is 1. The van der Waals surface area contributed by atoms with Gasteiger partial charge in [-0.1, -0.05) is 51.3 Å². The maximum Gasteiger partial charge on any atom is 0.329 e. The minimum Gasteiger partial charge on any atom is -0.451 e. The monoisotopic (exact) mass is 417 g/mol. The predicted molar refractivity (Wildman–Crippen MR) is 112 cm³/mol. The van der Waals surface area contributed by atoms with Gasteiger partial charge in [-0.2, -0.15) is 0 Å². The van der Waals surface area contributed by atoms with Gasteiger partial charge in [0.25, 0.3) is 11.8 Å². The van der Waals surface area contributed by atoms with Crippen LogP contribution in [0.15, 0.2) is 30.3 Å². The summed E-state index contributed by atoms with van der Waals surface area (Å²) in [4.78, 5) is 49.3. The second kappa shape index (κ2) is 11.3. The van der Waals surface area contributed by atoms with E-state index in [1.54, 1.807) is 30.3 Å². The van der Waals surface area contributed by atoms with E-state index in [-0.39, 0.29) is 12.0 Å². The first-order valence-electron chi connectivity index (χ1n) is 10.5. The van der Waals surface area contributed by atoms with Gasteiger partial charge >= 0.3 is 12.0 Å². The molecule has 0 saturated heterocycles. The van der Waals surface area contributed by atoms with Crippen LogP contribution in [0, 0.1) is 5.92 Å². The molecule has 1 aliphatic rings. The third-order valence-electron chi connectivity index (χ3n) is 5.38. The lowest BCUT2D eigenvalue weighted by molar-refractivity contribution is -0.157. The number of amides is 4. The molecule has 2 rings (SSSR count). The van der Waals surface area contributed by atoms with Gasteiger partial charge in [-0.25, -0.2) is 9.59 Å². The Kier molecular flexibility index (Phi) is 8.83. The molecule has 0 aromatic heterocycles. The molecular formula is C22H31N3O5. The molecule has 3 atom stereocenters. The number of rotatable bonds is 8. The van der Waals surface area contributed by atoms with Crippen LogP contribution in [0.4, 0.5) is 4.79 Å². The lowest BCUT2D eigenvalue weighted by Crippen LogP contribution is -2.50. The average molecular weight is 418 g/mol. The SMILES string of the molecule is CC[C@H](C)[C@H](NC(=O)c1ccccc1)C(=O)O[C@H](C)C(=O)NC(=O)NC1CCCC1. The van der Waals surface area contributed by atoms with Crippen molar-refractivity contribution in [3.8, 4) is 0 Å². The number of hydrogen-bond acceptors (Lipinski definition) is 5. The van der Waals surface area contributed by atoms with Gasteiger partial charge < -0.3 is 15.4 Å². The highest BCUT2D eigenvalue weighted by Gasteiger charge is 2.31. The fourth-order valence-corrected chi connectivity index (χ4v) is 3.29. The lowest BCUT2D eigenvalue weighted by Gasteiger charge is -2.24. The molecule has 1 aliphatic carbocycles. The van der Waals surface area contributed by atoms with Crippen LogP contribution in [0.3, 0.4) is 0 Å². The molecule has 8 heteroatoms. The zero-order valence-electron chi connectivity index (χ0n) is 17.8. The molecule has 8 nitrogen and oxygen atoms in total. The first-order valence-corrected chi connectivity index (χ1v) is 10.5. The van der Waals surface area contributed by atoms with Crippen molar-refractivity contribution in [1.82, 2.24) is 16.0 Å². The Bertz CT molecular complexity index is 746. The van der Waals surface area contributed by atoms with E-state index < -0.39 is 36.0 Å². The van der Waals surface area contributed by atoms with E-state index in [1.807, 2.05) is 13.8 Å². The minimum atomic E-state index is -1.17. The molecule has 0 unspecified atom stereocenters. The van der Waals surface area contributed by atoms with Crippen LogP contribution in [0.25, 0.3) is 0 Å². The molecule has 1 aromatic carbocycles. The number of nitrogens with one attached hydrogen (secondary N) is 3. The molecule has 0 radical (unpaired) electrons. The molecule has 0 heterocycles. The van der Waals surface area contributed by atoms with Crippen LogP contribution >= 0.6 is 0 Å². The molecule has 1 saturated carbocycles. The molecule has 164 valence electrons. The van der Waals surface area contributed by atoms with Gasteiger partial charge in [0.05, 0.1) is 0 Å². The molecule has 1 aromatic rings. The highest BCUT2D eigenvalue weighted by atomic mass is 16.5. The summed E-state index contributed by atoms with van der Waals surface area (Å²) in [6.45, 7) is 5.10. The first-order chi connectivity index (χ1) is 14.3. The Hall–Kier alpha value is -2.90. The highest BCUT2D eigenvalue weighted by molar-refractivity contribution is 5.99. The van der Waals surface area contributed by atoms with Gasteiger partial charge in [0.1, 0.15) is 6.04 Å². The molecule has 4 amide bonds. The zero-order chi connectivity index (χ0) is 22.1. The maximum absolute atomic E-state index is 12.7. The van der Waals surface area contributed by atoms with Crippen molar-refractivity contribution in [3.63, 3.8) is 0 Å². The van der Waals surface area contributed by atoms with Gasteiger partial charge in [-0.05, 0) is 37.8 Å². The highest BCUT2D eigenvalue weighted by Crippen LogP contribution is 2.17.